The number of amides is 1. The molecule has 98 valence electrons. The molecule has 2 N–H and O–H groups in total. The fourth-order valence-electron chi connectivity index (χ4n) is 2.31. The van der Waals surface area contributed by atoms with E-state index in [1.807, 2.05) is 31.3 Å². The summed E-state index contributed by atoms with van der Waals surface area (Å²) in [5.74, 6) is 0.807. The average Bonchev–Trinajstić information content (AvgIpc) is 2.93. The molecule has 0 radical (unpaired) electrons. The first-order chi connectivity index (χ1) is 9.15. The van der Waals surface area contributed by atoms with E-state index in [2.05, 4.69) is 10.1 Å². The van der Waals surface area contributed by atoms with Crippen molar-refractivity contribution < 1.29 is 4.79 Å². The highest BCUT2D eigenvalue weighted by Gasteiger charge is 2.30. The van der Waals surface area contributed by atoms with Gasteiger partial charge in [0.15, 0.2) is 0 Å². The lowest BCUT2D eigenvalue weighted by atomic mass is 10.3. The molecule has 1 aliphatic heterocycles. The molecule has 0 spiro atoms. The summed E-state index contributed by atoms with van der Waals surface area (Å²) in [5.41, 5.74) is 7.36. The predicted octanol–water partition coefficient (Wildman–Crippen LogP) is 0.546. The van der Waals surface area contributed by atoms with Crippen molar-refractivity contribution in [2.45, 2.75) is 12.5 Å². The number of nitrogens with two attached hydrogens (primary N) is 1. The lowest BCUT2D eigenvalue weighted by molar-refractivity contribution is -0.117. The molecule has 6 nitrogen and oxygen atoms in total. The molecule has 0 bridgehead atoms. The van der Waals surface area contributed by atoms with Gasteiger partial charge in [-0.1, -0.05) is 6.07 Å². The summed E-state index contributed by atoms with van der Waals surface area (Å²) in [4.78, 5) is 17.8. The SMILES string of the molecule is Cn1nc(-c2ccccn2)cc1N1CC(N)CC1=O. The van der Waals surface area contributed by atoms with Gasteiger partial charge in [0.2, 0.25) is 5.91 Å². The van der Waals surface area contributed by atoms with Gasteiger partial charge >= 0.3 is 0 Å². The minimum atomic E-state index is -0.0966. The Labute approximate surface area is 110 Å². The minimum Gasteiger partial charge on any atom is -0.326 e. The van der Waals surface area contributed by atoms with Crippen LogP contribution >= 0.6 is 0 Å². The summed E-state index contributed by atoms with van der Waals surface area (Å²) in [5, 5.41) is 4.40. The minimum absolute atomic E-state index is 0.0445. The van der Waals surface area contributed by atoms with Crippen molar-refractivity contribution in [1.29, 1.82) is 0 Å². The van der Waals surface area contributed by atoms with Gasteiger partial charge in [0, 0.05) is 38.3 Å². The number of hydrogen-bond donors (Lipinski definition) is 1. The summed E-state index contributed by atoms with van der Waals surface area (Å²) in [6.45, 7) is 0.542. The monoisotopic (exact) mass is 257 g/mol. The third kappa shape index (κ3) is 2.10. The quantitative estimate of drug-likeness (QED) is 0.852. The lowest BCUT2D eigenvalue weighted by Crippen LogP contribution is -2.29. The Hall–Kier alpha value is -2.21. The van der Waals surface area contributed by atoms with Crippen molar-refractivity contribution in [2.24, 2.45) is 12.8 Å². The zero-order valence-corrected chi connectivity index (χ0v) is 10.7. The highest BCUT2D eigenvalue weighted by molar-refractivity contribution is 5.95. The molecule has 0 aliphatic carbocycles. The zero-order valence-electron chi connectivity index (χ0n) is 10.7. The van der Waals surface area contributed by atoms with Gasteiger partial charge in [0.05, 0.1) is 5.69 Å². The molecule has 1 saturated heterocycles. The van der Waals surface area contributed by atoms with Gasteiger partial charge < -0.3 is 5.73 Å². The van der Waals surface area contributed by atoms with Gasteiger partial charge in [-0.15, -0.1) is 0 Å². The van der Waals surface area contributed by atoms with Crippen LogP contribution in [0.5, 0.6) is 0 Å². The first kappa shape index (κ1) is 11.9. The van der Waals surface area contributed by atoms with E-state index in [-0.39, 0.29) is 11.9 Å². The van der Waals surface area contributed by atoms with Crippen LogP contribution in [0.15, 0.2) is 30.5 Å². The second-order valence-electron chi connectivity index (χ2n) is 4.69. The normalized spacial score (nSPS) is 19.2. The van der Waals surface area contributed by atoms with Crippen molar-refractivity contribution >= 4 is 11.7 Å². The van der Waals surface area contributed by atoms with Crippen LogP contribution < -0.4 is 10.6 Å². The number of pyridine rings is 1. The molecule has 1 aliphatic rings. The molecular weight excluding hydrogens is 242 g/mol. The highest BCUT2D eigenvalue weighted by Crippen LogP contribution is 2.25. The molecule has 0 saturated carbocycles. The lowest BCUT2D eigenvalue weighted by Gasteiger charge is -2.15. The molecule has 6 heteroatoms. The van der Waals surface area contributed by atoms with Gasteiger partial charge in [-0.05, 0) is 12.1 Å². The van der Waals surface area contributed by atoms with E-state index in [1.165, 1.54) is 0 Å². The van der Waals surface area contributed by atoms with Gasteiger partial charge in [0.25, 0.3) is 0 Å². The van der Waals surface area contributed by atoms with Crippen LogP contribution in [-0.4, -0.2) is 33.3 Å². The summed E-state index contributed by atoms with van der Waals surface area (Å²) in [7, 11) is 1.82. The number of carbonyl (C=O) groups is 1. The van der Waals surface area contributed by atoms with E-state index in [0.717, 1.165) is 17.2 Å². The smallest absolute Gasteiger partial charge is 0.229 e. The molecule has 1 atom stereocenters. The van der Waals surface area contributed by atoms with Crippen LogP contribution in [0.3, 0.4) is 0 Å². The highest BCUT2D eigenvalue weighted by atomic mass is 16.2. The molecule has 1 unspecified atom stereocenters. The molecule has 2 aromatic heterocycles. The average molecular weight is 257 g/mol. The standard InChI is InChI=1S/C13H15N5O/c1-17-12(18-8-9(14)6-13(18)19)7-11(16-17)10-4-2-3-5-15-10/h2-5,7,9H,6,8,14H2,1H3. The van der Waals surface area contributed by atoms with Gasteiger partial charge in [0.1, 0.15) is 11.5 Å². The van der Waals surface area contributed by atoms with E-state index >= 15 is 0 Å². The second-order valence-corrected chi connectivity index (χ2v) is 4.69. The van der Waals surface area contributed by atoms with Crippen molar-refractivity contribution in [3.8, 4) is 11.4 Å². The van der Waals surface area contributed by atoms with Crippen molar-refractivity contribution in [2.75, 3.05) is 11.4 Å². The fraction of sp³-hybridized carbons (Fsp3) is 0.308. The van der Waals surface area contributed by atoms with E-state index in [1.54, 1.807) is 15.8 Å². The molecular formula is C13H15N5O. The van der Waals surface area contributed by atoms with E-state index in [9.17, 15) is 4.79 Å². The summed E-state index contributed by atoms with van der Waals surface area (Å²) in [6, 6.07) is 7.44. The maximum atomic E-state index is 11.9. The van der Waals surface area contributed by atoms with E-state index in [0.29, 0.717) is 13.0 Å². The van der Waals surface area contributed by atoms with E-state index in [4.69, 9.17) is 5.73 Å². The summed E-state index contributed by atoms with van der Waals surface area (Å²) >= 11 is 0. The topological polar surface area (TPSA) is 77.0 Å². The molecule has 1 amide bonds. The van der Waals surface area contributed by atoms with Crippen molar-refractivity contribution in [3.63, 3.8) is 0 Å². The Kier molecular flexibility index (Phi) is 2.79. The molecule has 2 aromatic rings. The number of nitrogens with zero attached hydrogens (tertiary/aromatic N) is 4. The number of hydrogen-bond acceptors (Lipinski definition) is 4. The maximum Gasteiger partial charge on any atom is 0.229 e. The van der Waals surface area contributed by atoms with Crippen LogP contribution in [-0.2, 0) is 11.8 Å². The van der Waals surface area contributed by atoms with E-state index < -0.39 is 0 Å². The van der Waals surface area contributed by atoms with Crippen LogP contribution in [0.25, 0.3) is 11.4 Å². The van der Waals surface area contributed by atoms with Gasteiger partial charge in [-0.3, -0.25) is 19.4 Å². The number of rotatable bonds is 2. The fourth-order valence-corrected chi connectivity index (χ4v) is 2.31. The number of aryl methyl sites for hydroxylation is 1. The Morgan fingerprint density at radius 2 is 2.21 bits per heavy atom. The van der Waals surface area contributed by atoms with Crippen LogP contribution in [0.4, 0.5) is 5.82 Å². The zero-order chi connectivity index (χ0) is 13.4. The molecule has 0 aromatic carbocycles. The Morgan fingerprint density at radius 3 is 2.84 bits per heavy atom. The number of aromatic nitrogens is 3. The largest absolute Gasteiger partial charge is 0.326 e. The Morgan fingerprint density at radius 1 is 1.37 bits per heavy atom. The first-order valence-electron chi connectivity index (χ1n) is 6.16. The Balaban J connectivity index is 1.96. The van der Waals surface area contributed by atoms with Crippen molar-refractivity contribution in [3.05, 3.63) is 30.5 Å². The van der Waals surface area contributed by atoms with Crippen LogP contribution in [0, 0.1) is 0 Å². The second kappa shape index (κ2) is 4.47. The van der Waals surface area contributed by atoms with Crippen LogP contribution in [0.1, 0.15) is 6.42 Å². The summed E-state index contributed by atoms with van der Waals surface area (Å²) in [6.07, 6.45) is 2.12. The Bertz CT molecular complexity index is 607. The third-order valence-corrected chi connectivity index (χ3v) is 3.21. The van der Waals surface area contributed by atoms with Gasteiger partial charge in [-0.2, -0.15) is 5.10 Å². The molecule has 3 heterocycles. The van der Waals surface area contributed by atoms with Gasteiger partial charge in [-0.25, -0.2) is 0 Å². The maximum absolute atomic E-state index is 11.9. The van der Waals surface area contributed by atoms with Crippen molar-refractivity contribution in [1.82, 2.24) is 14.8 Å². The predicted molar refractivity (Wildman–Crippen MR) is 71.4 cm³/mol. The molecule has 1 fully saturated rings. The number of anilines is 1. The number of carbonyl (C=O) groups excluding carboxylic acids is 1. The van der Waals surface area contributed by atoms with Crippen LogP contribution in [0.2, 0.25) is 0 Å². The summed E-state index contributed by atoms with van der Waals surface area (Å²) < 4.78 is 1.69. The first-order valence-corrected chi connectivity index (χ1v) is 6.16. The third-order valence-electron chi connectivity index (χ3n) is 3.21. The molecule has 19 heavy (non-hydrogen) atoms. The molecule has 3 rings (SSSR count).